The summed E-state index contributed by atoms with van der Waals surface area (Å²) in [5, 5.41) is 22.8. The summed E-state index contributed by atoms with van der Waals surface area (Å²) in [6.45, 7) is 2.14. The van der Waals surface area contributed by atoms with Crippen LogP contribution in [0.5, 0.6) is 0 Å². The highest BCUT2D eigenvalue weighted by Crippen LogP contribution is 2.48. The molecule has 0 N–H and O–H groups in total. The number of hydrogen-bond acceptors (Lipinski definition) is 0. The van der Waals surface area contributed by atoms with Gasteiger partial charge >= 0.3 is 0 Å². The van der Waals surface area contributed by atoms with E-state index in [9.17, 15) is 0 Å². The molecule has 0 radical (unpaired) electrons. The second-order valence-corrected chi connectivity index (χ2v) is 22.8. The van der Waals surface area contributed by atoms with Crippen molar-refractivity contribution in [1.29, 1.82) is 0 Å². The maximum atomic E-state index is 2.42. The number of rotatable bonds is 6. The van der Waals surface area contributed by atoms with Crippen molar-refractivity contribution in [2.45, 2.75) is 6.92 Å². The van der Waals surface area contributed by atoms with E-state index >= 15 is 0 Å². The molecule has 0 bridgehead atoms. The van der Waals surface area contributed by atoms with E-state index in [2.05, 4.69) is 328 Å². The van der Waals surface area contributed by atoms with Gasteiger partial charge in [0.05, 0.1) is 0 Å². The van der Waals surface area contributed by atoms with Gasteiger partial charge in [0.1, 0.15) is 0 Å². The zero-order valence-electron chi connectivity index (χ0n) is 47.1. The predicted molar refractivity (Wildman–Crippen MR) is 368 cm³/mol. The standard InChI is InChI=1S/C44H28.C41H28/c1-4-12-32-25-35(20-17-29(32)9-1)36-23-24-41-42(28-36)44(38-22-19-31-11-3-6-14-34(31)27-38)40-16-8-7-15-39(40)43(41)37-21-18-30-10-2-5-13-33(30)26-37;1-27-14-16-30(17-15-27)33-22-23-38-39(26-33)41(35-21-19-29-9-3-5-11-32(29)25-35)37-13-7-6-12-36(37)40(38)34-20-18-28-8-2-4-10-31(28)24-34/h1-28H;2-26H,1H3. The fourth-order valence-electron chi connectivity index (χ4n) is 13.5. The summed E-state index contributed by atoms with van der Waals surface area (Å²) in [5.74, 6) is 0. The summed E-state index contributed by atoms with van der Waals surface area (Å²) < 4.78 is 0. The number of aryl methyl sites for hydroxylation is 1. The second kappa shape index (κ2) is 20.8. The van der Waals surface area contributed by atoms with E-state index in [1.54, 1.807) is 0 Å². The van der Waals surface area contributed by atoms with Crippen molar-refractivity contribution in [2.24, 2.45) is 0 Å². The molecule has 0 nitrogen and oxygen atoms in total. The van der Waals surface area contributed by atoms with Crippen LogP contribution >= 0.6 is 0 Å². The lowest BCUT2D eigenvalue weighted by Gasteiger charge is -2.19. The molecular formula is C85H56. The van der Waals surface area contributed by atoms with E-state index in [1.807, 2.05) is 0 Å². The van der Waals surface area contributed by atoms with Crippen LogP contribution in [0.2, 0.25) is 0 Å². The molecule has 0 aromatic heterocycles. The van der Waals surface area contributed by atoms with Gasteiger partial charge < -0.3 is 0 Å². The molecule has 17 aromatic rings. The quantitative estimate of drug-likeness (QED) is 0.146. The summed E-state index contributed by atoms with van der Waals surface area (Å²) in [6, 6.07) is 118. The third-order valence-electron chi connectivity index (χ3n) is 17.7. The van der Waals surface area contributed by atoms with Gasteiger partial charge in [-0.05, 0) is 213 Å². The van der Waals surface area contributed by atoms with Gasteiger partial charge in [-0.15, -0.1) is 0 Å². The molecule has 0 saturated heterocycles. The topological polar surface area (TPSA) is 0 Å². The molecule has 0 spiro atoms. The largest absolute Gasteiger partial charge is 0.0616 e. The summed E-state index contributed by atoms with van der Waals surface area (Å²) >= 11 is 0. The first kappa shape index (κ1) is 49.9. The first-order chi connectivity index (χ1) is 42.0. The second-order valence-electron chi connectivity index (χ2n) is 22.8. The Bertz CT molecular complexity index is 5490. The smallest absolute Gasteiger partial charge is 0.00259 e. The Morgan fingerprint density at radius 1 is 0.141 bits per heavy atom. The lowest BCUT2D eigenvalue weighted by Crippen LogP contribution is -1.92. The van der Waals surface area contributed by atoms with Crippen molar-refractivity contribution in [3.63, 3.8) is 0 Å². The molecule has 0 fully saturated rings. The van der Waals surface area contributed by atoms with Crippen LogP contribution in [0.4, 0.5) is 0 Å². The summed E-state index contributed by atoms with van der Waals surface area (Å²) in [4.78, 5) is 0. The van der Waals surface area contributed by atoms with Crippen LogP contribution < -0.4 is 0 Å². The van der Waals surface area contributed by atoms with E-state index < -0.39 is 0 Å². The van der Waals surface area contributed by atoms with Gasteiger partial charge in [0.15, 0.2) is 0 Å². The highest BCUT2D eigenvalue weighted by molar-refractivity contribution is 6.24. The minimum Gasteiger partial charge on any atom is -0.0616 e. The van der Waals surface area contributed by atoms with Crippen molar-refractivity contribution in [2.75, 3.05) is 0 Å². The van der Waals surface area contributed by atoms with E-state index in [0.717, 1.165) is 0 Å². The van der Waals surface area contributed by atoms with E-state index in [-0.39, 0.29) is 0 Å². The Morgan fingerprint density at radius 3 is 0.682 bits per heavy atom. The van der Waals surface area contributed by atoms with Crippen molar-refractivity contribution in [3.05, 3.63) is 327 Å². The van der Waals surface area contributed by atoms with Gasteiger partial charge in [-0.25, -0.2) is 0 Å². The predicted octanol–water partition coefficient (Wildman–Crippen LogP) is 24.1. The van der Waals surface area contributed by atoms with Gasteiger partial charge in [0.25, 0.3) is 0 Å². The van der Waals surface area contributed by atoms with Crippen LogP contribution in [-0.4, -0.2) is 0 Å². The Labute approximate surface area is 494 Å². The van der Waals surface area contributed by atoms with E-state index in [4.69, 9.17) is 0 Å². The summed E-state index contributed by atoms with van der Waals surface area (Å²) in [5.41, 5.74) is 16.3. The third-order valence-corrected chi connectivity index (χ3v) is 17.7. The van der Waals surface area contributed by atoms with E-state index in [0.29, 0.717) is 0 Å². The average molecular weight is 1080 g/mol. The van der Waals surface area contributed by atoms with Crippen LogP contribution in [0, 0.1) is 6.92 Å². The fourth-order valence-corrected chi connectivity index (χ4v) is 13.5. The fraction of sp³-hybridized carbons (Fsp3) is 0.0118. The molecule has 17 rings (SSSR count). The molecule has 0 saturated carbocycles. The Morgan fingerprint density at radius 2 is 0.353 bits per heavy atom. The Hall–Kier alpha value is -10.9. The zero-order chi connectivity index (χ0) is 56.4. The van der Waals surface area contributed by atoms with Crippen LogP contribution in [0.1, 0.15) is 5.56 Å². The number of benzene rings is 17. The maximum Gasteiger partial charge on any atom is -0.00259 e. The molecule has 0 aliphatic carbocycles. The van der Waals surface area contributed by atoms with E-state index in [1.165, 1.54) is 169 Å². The minimum atomic E-state index is 1.23. The summed E-state index contributed by atoms with van der Waals surface area (Å²) in [6.07, 6.45) is 0. The molecule has 0 amide bonds. The van der Waals surface area contributed by atoms with Crippen molar-refractivity contribution >= 4 is 97.0 Å². The van der Waals surface area contributed by atoms with Crippen LogP contribution in [0.3, 0.4) is 0 Å². The highest BCUT2D eigenvalue weighted by Gasteiger charge is 2.21. The van der Waals surface area contributed by atoms with Crippen LogP contribution in [-0.2, 0) is 0 Å². The molecule has 85 heavy (non-hydrogen) atoms. The lowest BCUT2D eigenvalue weighted by atomic mass is 9.84. The monoisotopic (exact) mass is 1080 g/mol. The molecule has 396 valence electrons. The first-order valence-corrected chi connectivity index (χ1v) is 29.5. The van der Waals surface area contributed by atoms with Crippen LogP contribution in [0.15, 0.2) is 322 Å². The van der Waals surface area contributed by atoms with Crippen molar-refractivity contribution in [1.82, 2.24) is 0 Å². The Balaban J connectivity index is 0.000000139. The molecule has 0 atom stereocenters. The van der Waals surface area contributed by atoms with Gasteiger partial charge in [-0.2, -0.15) is 0 Å². The van der Waals surface area contributed by atoms with Crippen molar-refractivity contribution < 1.29 is 0 Å². The average Bonchev–Trinajstić information content (AvgIpc) is 1.26. The molecule has 0 heterocycles. The van der Waals surface area contributed by atoms with Crippen LogP contribution in [0.25, 0.3) is 164 Å². The Kier molecular flexibility index (Phi) is 12.2. The highest BCUT2D eigenvalue weighted by atomic mass is 14.2. The maximum absolute atomic E-state index is 2.42. The van der Waals surface area contributed by atoms with Gasteiger partial charge in [-0.3, -0.25) is 0 Å². The van der Waals surface area contributed by atoms with Gasteiger partial charge in [-0.1, -0.05) is 285 Å². The number of fused-ring (bicyclic) bond motifs is 9. The minimum absolute atomic E-state index is 1.23. The molecule has 0 aliphatic heterocycles. The molecule has 17 aromatic carbocycles. The first-order valence-electron chi connectivity index (χ1n) is 29.5. The van der Waals surface area contributed by atoms with Gasteiger partial charge in [0, 0.05) is 0 Å². The normalized spacial score (nSPS) is 11.6. The third kappa shape index (κ3) is 8.95. The lowest BCUT2D eigenvalue weighted by molar-refractivity contribution is 1.47. The summed E-state index contributed by atoms with van der Waals surface area (Å²) in [7, 11) is 0. The SMILES string of the molecule is Cc1ccc(-c2ccc3c(-c4ccc5ccccc5c4)c4ccccc4c(-c4ccc5ccccc5c4)c3c2)cc1.c1ccc2cc(-c3ccc4c(-c5ccc6ccccc6c5)c5ccccc5c(-c5ccc6ccccc6c5)c4c3)ccc2c1. The molecule has 0 unspecified atom stereocenters. The molecule has 0 heteroatoms. The zero-order valence-corrected chi connectivity index (χ0v) is 47.1. The number of hydrogen-bond donors (Lipinski definition) is 0. The molecule has 0 aliphatic rings. The van der Waals surface area contributed by atoms with Crippen molar-refractivity contribution in [3.8, 4) is 66.8 Å². The van der Waals surface area contributed by atoms with Gasteiger partial charge in [0.2, 0.25) is 0 Å². The molecular weight excluding hydrogens is 1020 g/mol.